The van der Waals surface area contributed by atoms with Crippen molar-refractivity contribution < 1.29 is 10.0 Å². The van der Waals surface area contributed by atoms with E-state index in [1.54, 1.807) is 19.2 Å². The number of fused-ring (bicyclic) bond motifs is 2. The molecule has 6 heteroatoms. The van der Waals surface area contributed by atoms with E-state index in [4.69, 9.17) is 0 Å². The average molecular weight is 263 g/mol. The van der Waals surface area contributed by atoms with Crippen molar-refractivity contribution in [1.82, 2.24) is 4.98 Å². The molecule has 2 aliphatic rings. The van der Waals surface area contributed by atoms with Crippen LogP contribution in [0.5, 0.6) is 0 Å². The van der Waals surface area contributed by atoms with E-state index in [2.05, 4.69) is 9.88 Å². The first-order valence-corrected chi connectivity index (χ1v) is 6.63. The van der Waals surface area contributed by atoms with E-state index in [-0.39, 0.29) is 28.8 Å². The Hall–Kier alpha value is -1.69. The lowest BCUT2D eigenvalue weighted by Gasteiger charge is -2.38. The van der Waals surface area contributed by atoms with Gasteiger partial charge in [-0.05, 0) is 32.6 Å². The number of aliphatic hydroxyl groups is 1. The fourth-order valence-electron chi connectivity index (χ4n) is 3.36. The molecule has 3 rings (SSSR count). The minimum absolute atomic E-state index is 0.121. The minimum Gasteiger partial charge on any atom is -0.393 e. The van der Waals surface area contributed by atoms with Gasteiger partial charge in [0.2, 0.25) is 0 Å². The molecular weight excluding hydrogens is 246 g/mol. The van der Waals surface area contributed by atoms with Crippen LogP contribution in [0.1, 0.15) is 31.2 Å². The summed E-state index contributed by atoms with van der Waals surface area (Å²) in [6, 6.07) is 2.10. The van der Waals surface area contributed by atoms with Crippen molar-refractivity contribution in [2.45, 2.75) is 50.8 Å². The van der Waals surface area contributed by atoms with Gasteiger partial charge in [-0.15, -0.1) is 0 Å². The molecule has 0 saturated carbocycles. The molecule has 2 fully saturated rings. The Morgan fingerprint density at radius 1 is 1.42 bits per heavy atom. The highest BCUT2D eigenvalue weighted by molar-refractivity contribution is 5.53. The van der Waals surface area contributed by atoms with Crippen LogP contribution in [0, 0.1) is 17.0 Å². The van der Waals surface area contributed by atoms with Crippen LogP contribution in [-0.2, 0) is 0 Å². The van der Waals surface area contributed by atoms with Crippen molar-refractivity contribution in [3.8, 4) is 0 Å². The quantitative estimate of drug-likeness (QED) is 0.650. The molecule has 1 aromatic rings. The summed E-state index contributed by atoms with van der Waals surface area (Å²) in [6.07, 6.45) is 4.86. The van der Waals surface area contributed by atoms with E-state index in [1.807, 2.05) is 0 Å². The van der Waals surface area contributed by atoms with Crippen LogP contribution < -0.4 is 4.90 Å². The number of pyridine rings is 1. The third kappa shape index (κ3) is 2.06. The first kappa shape index (κ1) is 12.3. The Morgan fingerprint density at radius 2 is 2.05 bits per heavy atom. The van der Waals surface area contributed by atoms with Crippen molar-refractivity contribution in [1.29, 1.82) is 0 Å². The summed E-state index contributed by atoms with van der Waals surface area (Å²) in [5.74, 6) is 0.678. The first-order chi connectivity index (χ1) is 9.06. The lowest BCUT2D eigenvalue weighted by molar-refractivity contribution is -0.385. The van der Waals surface area contributed by atoms with Crippen molar-refractivity contribution in [2.75, 3.05) is 4.90 Å². The molecule has 2 atom stereocenters. The molecule has 1 N–H and O–H groups in total. The van der Waals surface area contributed by atoms with Gasteiger partial charge in [0.25, 0.3) is 5.69 Å². The van der Waals surface area contributed by atoms with E-state index < -0.39 is 0 Å². The van der Waals surface area contributed by atoms with E-state index in [9.17, 15) is 15.2 Å². The minimum atomic E-state index is -0.360. The van der Waals surface area contributed by atoms with Crippen molar-refractivity contribution in [3.05, 3.63) is 27.9 Å². The van der Waals surface area contributed by atoms with Crippen LogP contribution in [0.2, 0.25) is 0 Å². The van der Waals surface area contributed by atoms with Crippen molar-refractivity contribution >= 4 is 11.5 Å². The summed E-state index contributed by atoms with van der Waals surface area (Å²) in [4.78, 5) is 17.2. The average Bonchev–Trinajstić information content (AvgIpc) is 2.63. The molecule has 0 amide bonds. The van der Waals surface area contributed by atoms with Crippen LogP contribution in [0.15, 0.2) is 12.3 Å². The summed E-state index contributed by atoms with van der Waals surface area (Å²) in [6.45, 7) is 1.70. The van der Waals surface area contributed by atoms with Gasteiger partial charge in [-0.3, -0.25) is 10.1 Å². The zero-order valence-electron chi connectivity index (χ0n) is 10.8. The highest BCUT2D eigenvalue weighted by Gasteiger charge is 2.41. The predicted octanol–water partition coefficient (Wildman–Crippen LogP) is 1.79. The van der Waals surface area contributed by atoms with Gasteiger partial charge in [0.15, 0.2) is 0 Å². The molecule has 2 unspecified atom stereocenters. The monoisotopic (exact) mass is 263 g/mol. The van der Waals surface area contributed by atoms with Gasteiger partial charge in [0.1, 0.15) is 5.82 Å². The topological polar surface area (TPSA) is 79.5 Å². The standard InChI is InChI=1S/C13H17N3O3/c1-8-7-14-13(6-12(8)16(18)19)15-9-2-3-10(15)5-11(17)4-9/h6-7,9-11,17H,2-5H2,1H3. The first-order valence-electron chi connectivity index (χ1n) is 6.63. The molecule has 102 valence electrons. The van der Waals surface area contributed by atoms with Gasteiger partial charge in [0.05, 0.1) is 17.1 Å². The number of piperidine rings is 1. The van der Waals surface area contributed by atoms with Gasteiger partial charge in [0, 0.05) is 23.8 Å². The number of hydrogen-bond donors (Lipinski definition) is 1. The molecule has 6 nitrogen and oxygen atoms in total. The number of hydrogen-bond acceptors (Lipinski definition) is 5. The molecule has 0 aliphatic carbocycles. The highest BCUT2D eigenvalue weighted by atomic mass is 16.6. The predicted molar refractivity (Wildman–Crippen MR) is 70.2 cm³/mol. The second-order valence-electron chi connectivity index (χ2n) is 5.50. The van der Waals surface area contributed by atoms with Crippen LogP contribution in [0.25, 0.3) is 0 Å². The molecular formula is C13H17N3O3. The Morgan fingerprint density at radius 3 is 2.63 bits per heavy atom. The van der Waals surface area contributed by atoms with Gasteiger partial charge in [-0.1, -0.05) is 0 Å². The smallest absolute Gasteiger partial charge is 0.277 e. The second kappa shape index (κ2) is 4.45. The Kier molecular flexibility index (Phi) is 2.89. The number of anilines is 1. The molecule has 0 radical (unpaired) electrons. The van der Waals surface area contributed by atoms with Crippen molar-refractivity contribution in [3.63, 3.8) is 0 Å². The fraction of sp³-hybridized carbons (Fsp3) is 0.615. The third-order valence-corrected chi connectivity index (χ3v) is 4.23. The van der Waals surface area contributed by atoms with E-state index in [0.29, 0.717) is 11.4 Å². The molecule has 1 aromatic heterocycles. The number of nitrogens with zero attached hydrogens (tertiary/aromatic N) is 3. The molecule has 2 aliphatic heterocycles. The SMILES string of the molecule is Cc1cnc(N2C3CCC2CC(O)C3)cc1[N+](=O)[O-]. The van der Waals surface area contributed by atoms with Crippen molar-refractivity contribution in [2.24, 2.45) is 0 Å². The summed E-state index contributed by atoms with van der Waals surface area (Å²) in [5, 5.41) is 20.8. The summed E-state index contributed by atoms with van der Waals surface area (Å²) < 4.78 is 0. The van der Waals surface area contributed by atoms with Crippen LogP contribution in [0.3, 0.4) is 0 Å². The lowest BCUT2D eigenvalue weighted by atomic mass is 10.00. The number of aromatic nitrogens is 1. The molecule has 0 aromatic carbocycles. The van der Waals surface area contributed by atoms with Gasteiger partial charge >= 0.3 is 0 Å². The molecule has 0 spiro atoms. The number of nitro groups is 1. The van der Waals surface area contributed by atoms with Gasteiger partial charge in [-0.25, -0.2) is 4.98 Å². The summed E-state index contributed by atoms with van der Waals surface area (Å²) in [7, 11) is 0. The molecule has 2 bridgehead atoms. The Balaban J connectivity index is 1.95. The summed E-state index contributed by atoms with van der Waals surface area (Å²) >= 11 is 0. The Bertz CT molecular complexity index is 506. The number of aliphatic hydroxyl groups excluding tert-OH is 1. The van der Waals surface area contributed by atoms with Gasteiger partial charge < -0.3 is 10.0 Å². The van der Waals surface area contributed by atoms with E-state index in [1.165, 1.54) is 0 Å². The zero-order chi connectivity index (χ0) is 13.6. The number of rotatable bonds is 2. The summed E-state index contributed by atoms with van der Waals surface area (Å²) in [5.41, 5.74) is 0.702. The van der Waals surface area contributed by atoms with Crippen LogP contribution >= 0.6 is 0 Å². The molecule has 2 saturated heterocycles. The Labute approximate surface area is 111 Å². The zero-order valence-corrected chi connectivity index (χ0v) is 10.8. The largest absolute Gasteiger partial charge is 0.393 e. The van der Waals surface area contributed by atoms with Crippen LogP contribution in [0.4, 0.5) is 11.5 Å². The van der Waals surface area contributed by atoms with E-state index >= 15 is 0 Å². The fourth-order valence-corrected chi connectivity index (χ4v) is 3.36. The van der Waals surface area contributed by atoms with Crippen LogP contribution in [-0.4, -0.2) is 33.2 Å². The second-order valence-corrected chi connectivity index (χ2v) is 5.50. The molecule has 19 heavy (non-hydrogen) atoms. The van der Waals surface area contributed by atoms with Gasteiger partial charge in [-0.2, -0.15) is 0 Å². The maximum Gasteiger partial charge on any atom is 0.277 e. The maximum atomic E-state index is 11.0. The van der Waals surface area contributed by atoms with E-state index in [0.717, 1.165) is 25.7 Å². The highest BCUT2D eigenvalue weighted by Crippen LogP contribution is 2.39. The molecule has 3 heterocycles. The normalized spacial score (nSPS) is 29.6. The lowest BCUT2D eigenvalue weighted by Crippen LogP contribution is -2.45. The third-order valence-electron chi connectivity index (χ3n) is 4.23. The number of aryl methyl sites for hydroxylation is 1. The maximum absolute atomic E-state index is 11.0.